The van der Waals surface area contributed by atoms with Gasteiger partial charge in [-0.05, 0) is 36.8 Å². The molecule has 0 atom stereocenters. The molecule has 1 aromatic heterocycles. The molecule has 0 bridgehead atoms. The molecule has 0 radical (unpaired) electrons. The molecule has 0 saturated heterocycles. The maximum atomic E-state index is 9.81. The summed E-state index contributed by atoms with van der Waals surface area (Å²) in [5.74, 6) is 0.743. The van der Waals surface area contributed by atoms with Crippen LogP contribution in [0.3, 0.4) is 0 Å². The third-order valence-electron chi connectivity index (χ3n) is 2.67. The van der Waals surface area contributed by atoms with Crippen molar-refractivity contribution in [1.82, 2.24) is 10.2 Å². The molecule has 5 heteroatoms. The fourth-order valence-electron chi connectivity index (χ4n) is 1.72. The maximum absolute atomic E-state index is 9.81. The first kappa shape index (κ1) is 13.0. The van der Waals surface area contributed by atoms with E-state index in [4.69, 9.17) is 9.47 Å². The van der Waals surface area contributed by atoms with Crippen LogP contribution >= 0.6 is 0 Å². The van der Waals surface area contributed by atoms with E-state index >= 15 is 0 Å². The van der Waals surface area contributed by atoms with E-state index in [-0.39, 0.29) is 5.75 Å². The van der Waals surface area contributed by atoms with E-state index in [9.17, 15) is 5.11 Å². The highest BCUT2D eigenvalue weighted by Gasteiger charge is 2.09. The predicted molar refractivity (Wildman–Crippen MR) is 73.5 cm³/mol. The second-order valence-electron chi connectivity index (χ2n) is 4.08. The lowest BCUT2D eigenvalue weighted by Crippen LogP contribution is -1.90. The number of H-pyrrole nitrogens is 1. The Morgan fingerprint density at radius 2 is 1.74 bits per heavy atom. The van der Waals surface area contributed by atoms with Gasteiger partial charge in [0.1, 0.15) is 0 Å². The van der Waals surface area contributed by atoms with Gasteiger partial charge >= 0.3 is 0 Å². The Hall–Kier alpha value is -2.43. The van der Waals surface area contributed by atoms with E-state index in [2.05, 4.69) is 10.2 Å². The molecule has 2 N–H and O–H groups in total. The van der Waals surface area contributed by atoms with Gasteiger partial charge in [0, 0.05) is 5.69 Å². The summed E-state index contributed by atoms with van der Waals surface area (Å²) >= 11 is 0. The monoisotopic (exact) mass is 260 g/mol. The van der Waals surface area contributed by atoms with Gasteiger partial charge in [-0.25, -0.2) is 0 Å². The lowest BCUT2D eigenvalue weighted by atomic mass is 10.1. The molecule has 0 aliphatic heterocycles. The molecule has 0 saturated carbocycles. The minimum atomic E-state index is -0.00207. The number of aromatic amines is 1. The Balaban J connectivity index is 2.32. The average molecular weight is 260 g/mol. The number of hydrogen-bond donors (Lipinski definition) is 2. The van der Waals surface area contributed by atoms with E-state index in [1.165, 1.54) is 14.2 Å². The molecule has 2 aromatic rings. The number of phenols is 1. The Bertz CT molecular complexity index is 577. The largest absolute Gasteiger partial charge is 0.502 e. The number of methoxy groups -OCH3 is 2. The van der Waals surface area contributed by atoms with Crippen molar-refractivity contribution < 1.29 is 14.6 Å². The van der Waals surface area contributed by atoms with Crippen molar-refractivity contribution in [2.24, 2.45) is 0 Å². The minimum Gasteiger partial charge on any atom is -0.502 e. The zero-order valence-corrected chi connectivity index (χ0v) is 11.1. The summed E-state index contributed by atoms with van der Waals surface area (Å²) in [6, 6.07) is 5.40. The Morgan fingerprint density at radius 3 is 2.21 bits per heavy atom. The lowest BCUT2D eigenvalue weighted by molar-refractivity contribution is 0.340. The number of hydrogen-bond acceptors (Lipinski definition) is 4. The van der Waals surface area contributed by atoms with Gasteiger partial charge in [0.05, 0.1) is 19.9 Å². The maximum Gasteiger partial charge on any atom is 0.200 e. The topological polar surface area (TPSA) is 67.4 Å². The first-order valence-corrected chi connectivity index (χ1v) is 5.79. The number of nitrogens with zero attached hydrogens (tertiary/aromatic N) is 1. The molecular formula is C14H16N2O3. The molecule has 0 spiro atoms. The molecule has 1 heterocycles. The van der Waals surface area contributed by atoms with Crippen molar-refractivity contribution in [2.45, 2.75) is 6.92 Å². The highest BCUT2D eigenvalue weighted by atomic mass is 16.5. The molecule has 100 valence electrons. The summed E-state index contributed by atoms with van der Waals surface area (Å²) in [7, 11) is 3.00. The van der Waals surface area contributed by atoms with E-state index in [1.807, 2.05) is 25.1 Å². The van der Waals surface area contributed by atoms with Crippen LogP contribution in [-0.2, 0) is 0 Å². The van der Waals surface area contributed by atoms with Gasteiger partial charge in [-0.15, -0.1) is 0 Å². The van der Waals surface area contributed by atoms with Crippen LogP contribution in [0.4, 0.5) is 0 Å². The normalized spacial score (nSPS) is 10.9. The van der Waals surface area contributed by atoms with E-state index < -0.39 is 0 Å². The van der Waals surface area contributed by atoms with Crippen LogP contribution in [0.5, 0.6) is 17.2 Å². The predicted octanol–water partition coefficient (Wildman–Crippen LogP) is 2.61. The number of nitrogens with one attached hydrogen (secondary N) is 1. The van der Waals surface area contributed by atoms with Crippen molar-refractivity contribution in [2.75, 3.05) is 14.2 Å². The van der Waals surface area contributed by atoms with Crippen LogP contribution in [0.25, 0.3) is 12.2 Å². The van der Waals surface area contributed by atoms with Crippen LogP contribution in [-0.4, -0.2) is 29.5 Å². The summed E-state index contributed by atoms with van der Waals surface area (Å²) in [6.07, 6.45) is 3.74. The van der Waals surface area contributed by atoms with E-state index in [1.54, 1.807) is 12.1 Å². The Kier molecular flexibility index (Phi) is 3.75. The summed E-state index contributed by atoms with van der Waals surface area (Å²) in [5.41, 5.74) is 2.69. The molecule has 0 amide bonds. The quantitative estimate of drug-likeness (QED) is 0.886. The second-order valence-corrected chi connectivity index (χ2v) is 4.08. The van der Waals surface area contributed by atoms with Crippen LogP contribution in [0.1, 0.15) is 17.0 Å². The summed E-state index contributed by atoms with van der Waals surface area (Å²) in [6.45, 7) is 1.94. The standard InChI is InChI=1S/C14H16N2O3/c1-9-6-11(16-15-9)5-4-10-7-12(18-2)14(17)13(8-10)19-3/h4-8,17H,1-3H3,(H,15,16)/b5-4+. The van der Waals surface area contributed by atoms with Crippen LogP contribution in [0.15, 0.2) is 18.2 Å². The van der Waals surface area contributed by atoms with Gasteiger partial charge in [0.2, 0.25) is 5.75 Å². The van der Waals surface area contributed by atoms with Crippen molar-refractivity contribution in [1.29, 1.82) is 0 Å². The molecule has 1 aromatic carbocycles. The second kappa shape index (κ2) is 5.48. The molecule has 2 rings (SSSR count). The van der Waals surface area contributed by atoms with Crippen LogP contribution in [0.2, 0.25) is 0 Å². The van der Waals surface area contributed by atoms with Gasteiger partial charge in [-0.2, -0.15) is 5.10 Å². The number of aromatic nitrogens is 2. The van der Waals surface area contributed by atoms with Gasteiger partial charge in [-0.1, -0.05) is 6.08 Å². The molecule has 0 unspecified atom stereocenters. The number of ether oxygens (including phenoxy) is 2. The fraction of sp³-hybridized carbons (Fsp3) is 0.214. The third kappa shape index (κ3) is 2.88. The number of benzene rings is 1. The Morgan fingerprint density at radius 1 is 1.11 bits per heavy atom. The summed E-state index contributed by atoms with van der Waals surface area (Å²) in [5, 5.41) is 16.8. The first-order chi connectivity index (χ1) is 9.13. The first-order valence-electron chi connectivity index (χ1n) is 5.79. The van der Waals surface area contributed by atoms with Crippen LogP contribution < -0.4 is 9.47 Å². The highest BCUT2D eigenvalue weighted by Crippen LogP contribution is 2.37. The SMILES string of the molecule is COc1cc(/C=C/c2cc(C)[nH]n2)cc(OC)c1O. The van der Waals surface area contributed by atoms with Crippen molar-refractivity contribution in [3.8, 4) is 17.2 Å². The molecule has 0 aliphatic carbocycles. The summed E-state index contributed by atoms with van der Waals surface area (Å²) in [4.78, 5) is 0. The number of phenolic OH excluding ortho intramolecular Hbond substituents is 1. The van der Waals surface area contributed by atoms with Gasteiger partial charge in [0.15, 0.2) is 11.5 Å². The molecule has 0 aliphatic rings. The zero-order chi connectivity index (χ0) is 13.8. The molecular weight excluding hydrogens is 244 g/mol. The molecule has 5 nitrogen and oxygen atoms in total. The van der Waals surface area contributed by atoms with Gasteiger partial charge in [-0.3, -0.25) is 5.10 Å². The van der Waals surface area contributed by atoms with Gasteiger partial charge < -0.3 is 14.6 Å². The van der Waals surface area contributed by atoms with E-state index in [0.29, 0.717) is 11.5 Å². The van der Waals surface area contributed by atoms with Crippen molar-refractivity contribution in [3.63, 3.8) is 0 Å². The van der Waals surface area contributed by atoms with E-state index in [0.717, 1.165) is 17.0 Å². The number of aromatic hydroxyl groups is 1. The van der Waals surface area contributed by atoms with Crippen molar-refractivity contribution in [3.05, 3.63) is 35.2 Å². The average Bonchev–Trinajstić information content (AvgIpc) is 2.83. The number of aryl methyl sites for hydroxylation is 1. The van der Waals surface area contributed by atoms with Crippen LogP contribution in [0, 0.1) is 6.92 Å². The zero-order valence-electron chi connectivity index (χ0n) is 11.1. The van der Waals surface area contributed by atoms with Crippen molar-refractivity contribution >= 4 is 12.2 Å². The Labute approximate surface area is 111 Å². The molecule has 0 fully saturated rings. The third-order valence-corrected chi connectivity index (χ3v) is 2.67. The lowest BCUT2D eigenvalue weighted by Gasteiger charge is -2.09. The smallest absolute Gasteiger partial charge is 0.200 e. The van der Waals surface area contributed by atoms with Gasteiger partial charge in [0.25, 0.3) is 0 Å². The summed E-state index contributed by atoms with van der Waals surface area (Å²) < 4.78 is 10.2. The minimum absolute atomic E-state index is 0.00207. The highest BCUT2D eigenvalue weighted by molar-refractivity contribution is 5.71. The molecule has 19 heavy (non-hydrogen) atoms. The fourth-order valence-corrected chi connectivity index (χ4v) is 1.72. The number of rotatable bonds is 4.